The van der Waals surface area contributed by atoms with Crippen LogP contribution in [0.25, 0.3) is 0 Å². The van der Waals surface area contributed by atoms with Crippen molar-refractivity contribution in [3.05, 3.63) is 59.4 Å². The van der Waals surface area contributed by atoms with Crippen LogP contribution in [0, 0.1) is 0 Å². The van der Waals surface area contributed by atoms with Gasteiger partial charge in [-0.2, -0.15) is 0 Å². The molecule has 8 heteroatoms. The quantitative estimate of drug-likeness (QED) is 0.732. The van der Waals surface area contributed by atoms with E-state index in [1.165, 1.54) is 6.20 Å². The van der Waals surface area contributed by atoms with Gasteiger partial charge in [-0.3, -0.25) is 9.78 Å². The van der Waals surface area contributed by atoms with Crippen molar-refractivity contribution in [3.8, 4) is 5.75 Å². The maximum absolute atomic E-state index is 12.2. The molecular weight excluding hydrogens is 342 g/mol. The molecule has 1 amide bonds. The lowest BCUT2D eigenvalue weighted by atomic mass is 10.1. The molecule has 2 aromatic rings. The number of nitrogens with one attached hydrogen (secondary N) is 2. The van der Waals surface area contributed by atoms with Crippen LogP contribution in [0.1, 0.15) is 21.6 Å². The maximum atomic E-state index is 12.2. The molecular formula is C17H21N3O4S. The highest BCUT2D eigenvalue weighted by Crippen LogP contribution is 2.11. The third-order valence-corrected chi connectivity index (χ3v) is 4.12. The molecule has 0 spiro atoms. The lowest BCUT2D eigenvalue weighted by Gasteiger charge is -2.08. The molecule has 0 aliphatic rings. The van der Waals surface area contributed by atoms with Gasteiger partial charge in [-0.05, 0) is 36.2 Å². The second kappa shape index (κ2) is 8.59. The Morgan fingerprint density at radius 2 is 1.92 bits per heavy atom. The van der Waals surface area contributed by atoms with E-state index in [0.29, 0.717) is 24.2 Å². The Morgan fingerprint density at radius 3 is 2.56 bits per heavy atom. The van der Waals surface area contributed by atoms with Crippen LogP contribution in [-0.4, -0.2) is 39.2 Å². The predicted molar refractivity (Wildman–Crippen MR) is 95.0 cm³/mol. The minimum atomic E-state index is -3.30. The monoisotopic (exact) mass is 363 g/mol. The summed E-state index contributed by atoms with van der Waals surface area (Å²) >= 11 is 0. The maximum Gasteiger partial charge on any atom is 0.251 e. The fraction of sp³-hybridized carbons (Fsp3) is 0.294. The highest BCUT2D eigenvalue weighted by molar-refractivity contribution is 7.88. The number of carbonyl (C=O) groups is 1. The van der Waals surface area contributed by atoms with Gasteiger partial charge in [0.25, 0.3) is 5.91 Å². The van der Waals surface area contributed by atoms with Crippen molar-refractivity contribution in [3.63, 3.8) is 0 Å². The van der Waals surface area contributed by atoms with E-state index in [4.69, 9.17) is 4.74 Å². The summed E-state index contributed by atoms with van der Waals surface area (Å²) in [5.41, 5.74) is 2.01. The van der Waals surface area contributed by atoms with Gasteiger partial charge in [-0.1, -0.05) is 12.1 Å². The number of rotatable bonds is 8. The van der Waals surface area contributed by atoms with Gasteiger partial charge in [0, 0.05) is 18.3 Å². The first-order chi connectivity index (χ1) is 11.9. The molecule has 25 heavy (non-hydrogen) atoms. The van der Waals surface area contributed by atoms with Crippen molar-refractivity contribution in [1.82, 2.24) is 15.0 Å². The van der Waals surface area contributed by atoms with Crippen LogP contribution in [0.15, 0.2) is 42.6 Å². The van der Waals surface area contributed by atoms with Gasteiger partial charge in [0.1, 0.15) is 5.75 Å². The number of hydrogen-bond acceptors (Lipinski definition) is 5. The lowest BCUT2D eigenvalue weighted by Crippen LogP contribution is -2.26. The molecule has 0 bridgehead atoms. The summed E-state index contributed by atoms with van der Waals surface area (Å²) in [5, 5.41) is 2.84. The Hall–Kier alpha value is -2.45. The molecule has 7 nitrogen and oxygen atoms in total. The normalized spacial score (nSPS) is 11.1. The first kappa shape index (κ1) is 18.9. The third-order valence-electron chi connectivity index (χ3n) is 3.45. The number of hydrogen-bond donors (Lipinski definition) is 2. The van der Waals surface area contributed by atoms with Crippen molar-refractivity contribution < 1.29 is 17.9 Å². The molecule has 1 heterocycles. The van der Waals surface area contributed by atoms with E-state index < -0.39 is 10.0 Å². The summed E-state index contributed by atoms with van der Waals surface area (Å²) in [7, 11) is -1.69. The summed E-state index contributed by atoms with van der Waals surface area (Å²) in [5.74, 6) is 0.566. The largest absolute Gasteiger partial charge is 0.497 e. The number of amides is 1. The van der Waals surface area contributed by atoms with Gasteiger partial charge in [-0.15, -0.1) is 0 Å². The first-order valence-electron chi connectivity index (χ1n) is 7.68. The van der Waals surface area contributed by atoms with Crippen LogP contribution in [0.2, 0.25) is 0 Å². The van der Waals surface area contributed by atoms with Gasteiger partial charge in [0.15, 0.2) is 0 Å². The molecule has 2 rings (SSSR count). The molecule has 0 fully saturated rings. The number of benzene rings is 1. The standard InChI is InChI=1S/C17H21N3O4S/c1-24-16-5-3-13(4-6-16)7-9-19-17(21)14-8-10-18-15(11-14)12-20-25(2,22)23/h3-6,8,10-11,20H,7,9,12H2,1-2H3,(H,19,21). The van der Waals surface area contributed by atoms with Crippen LogP contribution in [0.3, 0.4) is 0 Å². The van der Waals surface area contributed by atoms with Crippen LogP contribution in [-0.2, 0) is 23.0 Å². The zero-order valence-electron chi connectivity index (χ0n) is 14.2. The average Bonchev–Trinajstić information content (AvgIpc) is 2.60. The molecule has 1 aromatic carbocycles. The Balaban J connectivity index is 1.87. The van der Waals surface area contributed by atoms with E-state index in [1.54, 1.807) is 19.2 Å². The van der Waals surface area contributed by atoms with Gasteiger partial charge in [0.2, 0.25) is 10.0 Å². The van der Waals surface area contributed by atoms with E-state index in [9.17, 15) is 13.2 Å². The number of carbonyl (C=O) groups excluding carboxylic acids is 1. The lowest BCUT2D eigenvalue weighted by molar-refractivity contribution is 0.0954. The molecule has 0 aliphatic heterocycles. The first-order valence-corrected chi connectivity index (χ1v) is 9.57. The minimum Gasteiger partial charge on any atom is -0.497 e. The minimum absolute atomic E-state index is 0.0474. The Labute approximate surface area is 147 Å². The average molecular weight is 363 g/mol. The van der Waals surface area contributed by atoms with Crippen molar-refractivity contribution in [2.24, 2.45) is 0 Å². The van der Waals surface area contributed by atoms with Crippen molar-refractivity contribution in [1.29, 1.82) is 0 Å². The summed E-state index contributed by atoms with van der Waals surface area (Å²) < 4.78 is 29.7. The van der Waals surface area contributed by atoms with E-state index in [0.717, 1.165) is 17.6 Å². The van der Waals surface area contributed by atoms with Gasteiger partial charge in [0.05, 0.1) is 25.6 Å². The van der Waals surface area contributed by atoms with Gasteiger partial charge in [-0.25, -0.2) is 13.1 Å². The number of nitrogens with zero attached hydrogens (tertiary/aromatic N) is 1. The highest BCUT2D eigenvalue weighted by Gasteiger charge is 2.08. The zero-order chi connectivity index (χ0) is 18.3. The molecule has 0 radical (unpaired) electrons. The number of sulfonamides is 1. The molecule has 2 N–H and O–H groups in total. The van der Waals surface area contributed by atoms with Crippen LogP contribution < -0.4 is 14.8 Å². The number of methoxy groups -OCH3 is 1. The van der Waals surface area contributed by atoms with Crippen molar-refractivity contribution >= 4 is 15.9 Å². The summed E-state index contributed by atoms with van der Waals surface area (Å²) in [4.78, 5) is 16.2. The highest BCUT2D eigenvalue weighted by atomic mass is 32.2. The van der Waals surface area contributed by atoms with Crippen molar-refractivity contribution in [2.75, 3.05) is 19.9 Å². The number of ether oxygens (including phenoxy) is 1. The smallest absolute Gasteiger partial charge is 0.251 e. The van der Waals surface area contributed by atoms with Crippen molar-refractivity contribution in [2.45, 2.75) is 13.0 Å². The molecule has 0 saturated carbocycles. The zero-order valence-corrected chi connectivity index (χ0v) is 15.0. The number of pyridine rings is 1. The Bertz CT molecular complexity index is 820. The Morgan fingerprint density at radius 1 is 1.20 bits per heavy atom. The van der Waals surface area contributed by atoms with E-state index in [1.807, 2.05) is 24.3 Å². The molecule has 1 aromatic heterocycles. The van der Waals surface area contributed by atoms with E-state index in [2.05, 4.69) is 15.0 Å². The second-order valence-corrected chi connectivity index (χ2v) is 7.32. The Kier molecular flexibility index (Phi) is 6.49. The molecule has 0 saturated heterocycles. The summed E-state index contributed by atoms with van der Waals surface area (Å²) in [6, 6.07) is 10.8. The fourth-order valence-electron chi connectivity index (χ4n) is 2.14. The van der Waals surface area contributed by atoms with Crippen LogP contribution in [0.5, 0.6) is 5.75 Å². The third kappa shape index (κ3) is 6.52. The molecule has 0 unspecified atom stereocenters. The molecule has 0 aliphatic carbocycles. The molecule has 134 valence electrons. The summed E-state index contributed by atoms with van der Waals surface area (Å²) in [6.07, 6.45) is 3.25. The number of aromatic nitrogens is 1. The second-order valence-electron chi connectivity index (χ2n) is 5.48. The van der Waals surface area contributed by atoms with Crippen LogP contribution >= 0.6 is 0 Å². The predicted octanol–water partition coefficient (Wildman–Crippen LogP) is 1.11. The van der Waals surface area contributed by atoms with Crippen LogP contribution in [0.4, 0.5) is 0 Å². The SMILES string of the molecule is COc1ccc(CCNC(=O)c2ccnc(CNS(C)(=O)=O)c2)cc1. The van der Waals surface area contributed by atoms with Gasteiger partial charge >= 0.3 is 0 Å². The summed E-state index contributed by atoms with van der Waals surface area (Å²) in [6.45, 7) is 0.538. The topological polar surface area (TPSA) is 97.4 Å². The van der Waals surface area contributed by atoms with E-state index >= 15 is 0 Å². The van der Waals surface area contributed by atoms with E-state index in [-0.39, 0.29) is 12.5 Å². The molecule has 0 atom stereocenters. The van der Waals surface area contributed by atoms with Gasteiger partial charge < -0.3 is 10.1 Å². The fourth-order valence-corrected chi connectivity index (χ4v) is 2.55.